The number of rotatable bonds is 6. The zero-order chi connectivity index (χ0) is 27.0. The van der Waals surface area contributed by atoms with Crippen molar-refractivity contribution in [2.45, 2.75) is 51.1 Å². The fraction of sp³-hybridized carbons (Fsp3) is 0.448. The van der Waals surface area contributed by atoms with Crippen molar-refractivity contribution in [3.63, 3.8) is 0 Å². The van der Waals surface area contributed by atoms with E-state index in [9.17, 15) is 23.6 Å². The van der Waals surface area contributed by atoms with Gasteiger partial charge in [-0.1, -0.05) is 28.1 Å². The summed E-state index contributed by atoms with van der Waals surface area (Å²) in [5.74, 6) is -1.30. The molecular weight excluding hydrogens is 553 g/mol. The molecule has 3 aliphatic rings. The number of benzene rings is 2. The highest BCUT2D eigenvalue weighted by molar-refractivity contribution is 9.10. The van der Waals surface area contributed by atoms with E-state index in [2.05, 4.69) is 21.2 Å². The maximum Gasteiger partial charge on any atom is 0.251 e. The summed E-state index contributed by atoms with van der Waals surface area (Å²) < 4.78 is 14.1. The van der Waals surface area contributed by atoms with Crippen LogP contribution >= 0.6 is 15.9 Å². The number of likely N-dealkylation sites (tertiary alicyclic amines) is 2. The van der Waals surface area contributed by atoms with Crippen molar-refractivity contribution in [3.8, 4) is 0 Å². The zero-order valence-corrected chi connectivity index (χ0v) is 22.9. The largest absolute Gasteiger partial charge is 0.341 e. The molecule has 0 aromatic heterocycles. The van der Waals surface area contributed by atoms with Crippen molar-refractivity contribution < 1.29 is 23.6 Å². The molecule has 2 aromatic rings. The Morgan fingerprint density at radius 1 is 0.974 bits per heavy atom. The van der Waals surface area contributed by atoms with Crippen LogP contribution in [0, 0.1) is 17.2 Å². The second-order valence-electron chi connectivity index (χ2n) is 10.9. The number of hydrogen-bond acceptors (Lipinski definition) is 4. The molecule has 1 N–H and O–H groups in total. The number of halogens is 2. The smallest absolute Gasteiger partial charge is 0.251 e. The number of nitrogens with zero attached hydrogens (tertiary/aromatic N) is 2. The molecule has 2 aromatic carbocycles. The Kier molecular flexibility index (Phi) is 7.40. The van der Waals surface area contributed by atoms with E-state index in [4.69, 9.17) is 0 Å². The number of carbonyl (C=O) groups excluding carboxylic acids is 4. The lowest BCUT2D eigenvalue weighted by molar-refractivity contribution is -0.145. The van der Waals surface area contributed by atoms with Gasteiger partial charge in [0, 0.05) is 41.2 Å². The van der Waals surface area contributed by atoms with Crippen LogP contribution < -0.4 is 5.32 Å². The normalized spacial score (nSPS) is 21.3. The van der Waals surface area contributed by atoms with Crippen molar-refractivity contribution in [1.82, 2.24) is 15.1 Å². The number of Topliss-reactive ketones (excluding diaryl/α,β-unsaturated/α-hetero) is 1. The predicted molar refractivity (Wildman–Crippen MR) is 143 cm³/mol. The average Bonchev–Trinajstić information content (AvgIpc) is 3.58. The SMILES string of the molecule is CC(NC(=O)c1ccc(F)cc1)C(=O)N1CC2(CC2)C[C@@H]1C(=O)N1CCC(C(=O)c2ccc(Br)cc2)CC1. The Labute approximate surface area is 229 Å². The first-order chi connectivity index (χ1) is 18.2. The van der Waals surface area contributed by atoms with Crippen molar-refractivity contribution >= 4 is 39.4 Å². The van der Waals surface area contributed by atoms with Gasteiger partial charge >= 0.3 is 0 Å². The summed E-state index contributed by atoms with van der Waals surface area (Å²) in [5, 5.41) is 2.70. The van der Waals surface area contributed by atoms with Crippen molar-refractivity contribution in [2.24, 2.45) is 11.3 Å². The molecule has 3 amide bonds. The molecule has 2 heterocycles. The number of amides is 3. The number of piperidine rings is 1. The molecular formula is C29H31BrFN3O4. The number of hydrogen-bond donors (Lipinski definition) is 1. The summed E-state index contributed by atoms with van der Waals surface area (Å²) in [7, 11) is 0. The molecule has 38 heavy (non-hydrogen) atoms. The van der Waals surface area contributed by atoms with Crippen molar-refractivity contribution in [1.29, 1.82) is 0 Å². The quantitative estimate of drug-likeness (QED) is 0.516. The van der Waals surface area contributed by atoms with Gasteiger partial charge in [0.1, 0.15) is 17.9 Å². The number of ketones is 1. The van der Waals surface area contributed by atoms with E-state index < -0.39 is 23.8 Å². The Morgan fingerprint density at radius 3 is 2.18 bits per heavy atom. The lowest BCUT2D eigenvalue weighted by Crippen LogP contribution is -2.54. The van der Waals surface area contributed by atoms with Gasteiger partial charge in [0.15, 0.2) is 5.78 Å². The van der Waals surface area contributed by atoms with Crippen LogP contribution in [0.15, 0.2) is 53.0 Å². The van der Waals surface area contributed by atoms with Crippen LogP contribution in [0.3, 0.4) is 0 Å². The summed E-state index contributed by atoms with van der Waals surface area (Å²) in [6.45, 7) is 3.09. The maximum absolute atomic E-state index is 13.6. The highest BCUT2D eigenvalue weighted by atomic mass is 79.9. The van der Waals surface area contributed by atoms with Crippen LogP contribution in [0.1, 0.15) is 59.7 Å². The fourth-order valence-electron chi connectivity index (χ4n) is 5.66. The highest BCUT2D eigenvalue weighted by Crippen LogP contribution is 2.55. The van der Waals surface area contributed by atoms with E-state index in [1.807, 2.05) is 24.3 Å². The summed E-state index contributed by atoms with van der Waals surface area (Å²) in [6, 6.07) is 11.1. The second kappa shape index (κ2) is 10.6. The minimum Gasteiger partial charge on any atom is -0.341 e. The van der Waals surface area contributed by atoms with Gasteiger partial charge in [0.25, 0.3) is 5.91 Å². The Bertz CT molecular complexity index is 1240. The van der Waals surface area contributed by atoms with Crippen LogP contribution in [0.5, 0.6) is 0 Å². The molecule has 0 radical (unpaired) electrons. The Balaban J connectivity index is 1.21. The van der Waals surface area contributed by atoms with Crippen molar-refractivity contribution in [3.05, 3.63) is 69.9 Å². The van der Waals surface area contributed by atoms with Gasteiger partial charge in [-0.05, 0) is 80.8 Å². The Morgan fingerprint density at radius 2 is 1.58 bits per heavy atom. The molecule has 2 aliphatic heterocycles. The van der Waals surface area contributed by atoms with Crippen LogP contribution in [0.2, 0.25) is 0 Å². The maximum atomic E-state index is 13.6. The van der Waals surface area contributed by atoms with E-state index >= 15 is 0 Å². The van der Waals surface area contributed by atoms with E-state index in [1.165, 1.54) is 24.3 Å². The van der Waals surface area contributed by atoms with Gasteiger partial charge < -0.3 is 15.1 Å². The first-order valence-electron chi connectivity index (χ1n) is 13.1. The van der Waals surface area contributed by atoms with Crippen molar-refractivity contribution in [2.75, 3.05) is 19.6 Å². The molecule has 1 unspecified atom stereocenters. The van der Waals surface area contributed by atoms with Gasteiger partial charge in [0.05, 0.1) is 0 Å². The predicted octanol–water partition coefficient (Wildman–Crippen LogP) is 4.21. The molecule has 1 spiro atoms. The van der Waals surface area contributed by atoms with Crippen LogP contribution in [-0.4, -0.2) is 65.0 Å². The van der Waals surface area contributed by atoms with E-state index in [0.29, 0.717) is 44.5 Å². The number of carbonyl (C=O) groups is 4. The highest BCUT2D eigenvalue weighted by Gasteiger charge is 2.56. The molecule has 1 aliphatic carbocycles. The molecule has 0 bridgehead atoms. The number of nitrogens with one attached hydrogen (secondary N) is 1. The molecule has 5 rings (SSSR count). The third-order valence-corrected chi connectivity index (χ3v) is 8.69. The Hall–Kier alpha value is -3.07. The van der Waals surface area contributed by atoms with E-state index in [-0.39, 0.29) is 34.5 Å². The third-order valence-electron chi connectivity index (χ3n) is 8.16. The monoisotopic (exact) mass is 583 g/mol. The summed E-state index contributed by atoms with van der Waals surface area (Å²) >= 11 is 3.39. The standard InChI is InChI=1S/C29H31BrFN3O4/c1-18(32-26(36)21-4-8-23(31)9-5-21)27(37)34-17-29(12-13-29)16-24(34)28(38)33-14-10-20(11-15-33)25(35)19-2-6-22(30)7-3-19/h2-9,18,20,24H,10-17H2,1H3,(H,32,36)/t18?,24-/m1/s1. The summed E-state index contributed by atoms with van der Waals surface area (Å²) in [5.41, 5.74) is 0.934. The average molecular weight is 584 g/mol. The molecule has 1 saturated carbocycles. The minimum absolute atomic E-state index is 0.00740. The van der Waals surface area contributed by atoms with Gasteiger partial charge in [-0.3, -0.25) is 19.2 Å². The molecule has 3 fully saturated rings. The second-order valence-corrected chi connectivity index (χ2v) is 11.8. The van der Waals surface area contributed by atoms with Crippen LogP contribution in [0.25, 0.3) is 0 Å². The first-order valence-corrected chi connectivity index (χ1v) is 13.9. The van der Waals surface area contributed by atoms with Crippen LogP contribution in [0.4, 0.5) is 4.39 Å². The molecule has 2 saturated heterocycles. The molecule has 2 atom stereocenters. The van der Waals surface area contributed by atoms with E-state index in [1.54, 1.807) is 16.7 Å². The van der Waals surface area contributed by atoms with Gasteiger partial charge in [-0.15, -0.1) is 0 Å². The van der Waals surface area contributed by atoms with Gasteiger partial charge in [-0.25, -0.2) is 4.39 Å². The van der Waals surface area contributed by atoms with E-state index in [0.717, 1.165) is 17.3 Å². The molecule has 9 heteroatoms. The first kappa shape index (κ1) is 26.5. The lowest BCUT2D eigenvalue weighted by atomic mass is 9.88. The summed E-state index contributed by atoms with van der Waals surface area (Å²) in [6.07, 6.45) is 3.79. The lowest BCUT2D eigenvalue weighted by Gasteiger charge is -2.35. The summed E-state index contributed by atoms with van der Waals surface area (Å²) in [4.78, 5) is 56.0. The van der Waals surface area contributed by atoms with Gasteiger partial charge in [0.2, 0.25) is 11.8 Å². The molecule has 7 nitrogen and oxygen atoms in total. The molecule has 200 valence electrons. The minimum atomic E-state index is -0.828. The zero-order valence-electron chi connectivity index (χ0n) is 21.3. The topological polar surface area (TPSA) is 86.8 Å². The van der Waals surface area contributed by atoms with Crippen LogP contribution in [-0.2, 0) is 9.59 Å². The third kappa shape index (κ3) is 5.53. The van der Waals surface area contributed by atoms with Gasteiger partial charge in [-0.2, -0.15) is 0 Å². The fourth-order valence-corrected chi connectivity index (χ4v) is 5.93.